The van der Waals surface area contributed by atoms with Crippen LogP contribution in [0.4, 0.5) is 5.95 Å². The molecule has 4 rings (SSSR count). The number of pyridine rings is 2. The number of hydrogen-bond acceptors (Lipinski definition) is 6. The van der Waals surface area contributed by atoms with Crippen LogP contribution >= 0.6 is 0 Å². The Morgan fingerprint density at radius 2 is 1.96 bits per heavy atom. The van der Waals surface area contributed by atoms with Gasteiger partial charge in [0.25, 0.3) is 0 Å². The van der Waals surface area contributed by atoms with Crippen LogP contribution in [0.2, 0.25) is 0 Å². The highest BCUT2D eigenvalue weighted by Gasteiger charge is 2.15. The number of aryl methyl sites for hydroxylation is 2. The van der Waals surface area contributed by atoms with Crippen molar-refractivity contribution in [3.05, 3.63) is 58.8 Å². The van der Waals surface area contributed by atoms with Crippen LogP contribution in [-0.2, 0) is 7.05 Å². The summed E-state index contributed by atoms with van der Waals surface area (Å²) in [6, 6.07) is 8.89. The third-order valence-electron chi connectivity index (χ3n) is 3.91. The van der Waals surface area contributed by atoms with Crippen LogP contribution in [0.5, 0.6) is 0 Å². The highest BCUT2D eigenvalue weighted by Crippen LogP contribution is 2.25. The fourth-order valence-corrected chi connectivity index (χ4v) is 2.62. The van der Waals surface area contributed by atoms with Crippen LogP contribution in [0, 0.1) is 6.92 Å². The van der Waals surface area contributed by atoms with Gasteiger partial charge in [0.05, 0.1) is 0 Å². The first-order chi connectivity index (χ1) is 12.0. The normalized spacial score (nSPS) is 11.1. The fourth-order valence-electron chi connectivity index (χ4n) is 2.62. The van der Waals surface area contributed by atoms with Gasteiger partial charge in [0.2, 0.25) is 17.3 Å². The minimum Gasteiger partial charge on any atom is -0.368 e. The van der Waals surface area contributed by atoms with Crippen LogP contribution in [0.15, 0.2) is 47.5 Å². The Bertz CT molecular complexity index is 1160. The lowest BCUT2D eigenvalue weighted by molar-refractivity contribution is 0.861. The van der Waals surface area contributed by atoms with E-state index in [0.717, 1.165) is 16.8 Å². The first-order valence-electron chi connectivity index (χ1n) is 7.65. The minimum atomic E-state index is -0.0886. The molecule has 0 saturated carbocycles. The van der Waals surface area contributed by atoms with Gasteiger partial charge in [0.15, 0.2) is 5.65 Å². The van der Waals surface area contributed by atoms with E-state index in [9.17, 15) is 4.79 Å². The summed E-state index contributed by atoms with van der Waals surface area (Å²) in [5.41, 5.74) is 9.49. The summed E-state index contributed by atoms with van der Waals surface area (Å²) < 4.78 is 2.99. The second-order valence-electron chi connectivity index (χ2n) is 5.73. The zero-order chi connectivity index (χ0) is 17.6. The molecular weight excluding hydrogens is 318 g/mol. The molecule has 8 heteroatoms. The molecule has 0 saturated heterocycles. The van der Waals surface area contributed by atoms with E-state index in [1.807, 2.05) is 25.1 Å². The Hall–Kier alpha value is -3.55. The second-order valence-corrected chi connectivity index (χ2v) is 5.73. The number of anilines is 1. The Kier molecular flexibility index (Phi) is 3.31. The van der Waals surface area contributed by atoms with Crippen LogP contribution in [0.1, 0.15) is 5.69 Å². The summed E-state index contributed by atoms with van der Waals surface area (Å²) in [6.07, 6.45) is 3.36. The quantitative estimate of drug-likeness (QED) is 0.595. The summed E-state index contributed by atoms with van der Waals surface area (Å²) in [5, 5.41) is 4.44. The van der Waals surface area contributed by atoms with Gasteiger partial charge >= 0.3 is 0 Å². The number of nitrogen functional groups attached to an aromatic ring is 1. The molecule has 0 fully saturated rings. The van der Waals surface area contributed by atoms with E-state index in [1.54, 1.807) is 25.5 Å². The molecule has 0 amide bonds. The predicted molar refractivity (Wildman–Crippen MR) is 93.8 cm³/mol. The van der Waals surface area contributed by atoms with Crippen LogP contribution in [-0.4, -0.2) is 29.1 Å². The largest absolute Gasteiger partial charge is 0.368 e. The van der Waals surface area contributed by atoms with E-state index in [4.69, 9.17) is 5.73 Å². The van der Waals surface area contributed by atoms with Gasteiger partial charge in [-0.1, -0.05) is 6.07 Å². The standard InChI is InChI=1S/C17H15N7O/c1-10-4-3-5-13(20-10)15-21-16-12(8-19-17(18)24(16)22-15)11-6-7-14(25)23(2)9-11/h3-9H,1-2H3,(H2,18,19). The third kappa shape index (κ3) is 2.53. The van der Waals surface area contributed by atoms with Crippen molar-refractivity contribution in [1.82, 2.24) is 29.1 Å². The minimum absolute atomic E-state index is 0.0886. The number of nitrogens with two attached hydrogens (primary N) is 1. The van der Waals surface area contributed by atoms with E-state index >= 15 is 0 Å². The average molecular weight is 333 g/mol. The van der Waals surface area contributed by atoms with Crippen molar-refractivity contribution in [2.45, 2.75) is 6.92 Å². The van der Waals surface area contributed by atoms with E-state index in [2.05, 4.69) is 20.1 Å². The van der Waals surface area contributed by atoms with Gasteiger partial charge in [-0.2, -0.15) is 4.52 Å². The van der Waals surface area contributed by atoms with Crippen LogP contribution in [0.25, 0.3) is 28.3 Å². The zero-order valence-corrected chi connectivity index (χ0v) is 13.7. The molecule has 8 nitrogen and oxygen atoms in total. The van der Waals surface area contributed by atoms with Gasteiger partial charge < -0.3 is 10.3 Å². The maximum Gasteiger partial charge on any atom is 0.250 e. The second kappa shape index (κ2) is 5.52. The molecule has 0 unspecified atom stereocenters. The van der Waals surface area contributed by atoms with Crippen molar-refractivity contribution in [3.63, 3.8) is 0 Å². The highest BCUT2D eigenvalue weighted by molar-refractivity contribution is 5.78. The molecule has 0 spiro atoms. The maximum absolute atomic E-state index is 11.6. The molecule has 0 radical (unpaired) electrons. The number of nitrogens with zero attached hydrogens (tertiary/aromatic N) is 6. The monoisotopic (exact) mass is 333 g/mol. The molecule has 4 heterocycles. The SMILES string of the molecule is Cc1cccc(-c2nc3c(-c4ccc(=O)n(C)c4)cnc(N)n3n2)n1. The summed E-state index contributed by atoms with van der Waals surface area (Å²) in [7, 11) is 1.69. The molecule has 4 aromatic rings. The van der Waals surface area contributed by atoms with Crippen molar-refractivity contribution in [1.29, 1.82) is 0 Å². The van der Waals surface area contributed by atoms with Gasteiger partial charge in [-0.15, -0.1) is 5.10 Å². The van der Waals surface area contributed by atoms with E-state index < -0.39 is 0 Å². The topological polar surface area (TPSA) is 104 Å². The van der Waals surface area contributed by atoms with E-state index in [1.165, 1.54) is 15.1 Å². The Morgan fingerprint density at radius 3 is 2.72 bits per heavy atom. The van der Waals surface area contributed by atoms with Crippen molar-refractivity contribution >= 4 is 11.6 Å². The molecule has 0 atom stereocenters. The van der Waals surface area contributed by atoms with Gasteiger partial charge in [-0.3, -0.25) is 4.79 Å². The summed E-state index contributed by atoms with van der Waals surface area (Å²) >= 11 is 0. The van der Waals surface area contributed by atoms with Gasteiger partial charge in [0.1, 0.15) is 5.69 Å². The summed E-state index contributed by atoms with van der Waals surface area (Å²) in [5.74, 6) is 0.699. The molecule has 0 aromatic carbocycles. The fraction of sp³-hybridized carbons (Fsp3) is 0.118. The van der Waals surface area contributed by atoms with Crippen LogP contribution in [0.3, 0.4) is 0 Å². The Balaban J connectivity index is 1.96. The van der Waals surface area contributed by atoms with Gasteiger partial charge in [-0.05, 0) is 25.1 Å². The van der Waals surface area contributed by atoms with Crippen LogP contribution < -0.4 is 11.3 Å². The molecular formula is C17H15N7O. The Morgan fingerprint density at radius 1 is 1.12 bits per heavy atom. The molecule has 0 bridgehead atoms. The number of fused-ring (bicyclic) bond motifs is 1. The lowest BCUT2D eigenvalue weighted by atomic mass is 10.1. The lowest BCUT2D eigenvalue weighted by Crippen LogP contribution is -2.14. The molecule has 25 heavy (non-hydrogen) atoms. The van der Waals surface area contributed by atoms with Crippen molar-refractivity contribution < 1.29 is 0 Å². The third-order valence-corrected chi connectivity index (χ3v) is 3.91. The number of rotatable bonds is 2. The summed E-state index contributed by atoms with van der Waals surface area (Å²) in [4.78, 5) is 24.9. The Labute approximate surface area is 142 Å². The molecule has 0 aliphatic carbocycles. The van der Waals surface area contributed by atoms with Crippen molar-refractivity contribution in [2.75, 3.05) is 5.73 Å². The number of aromatic nitrogens is 6. The molecule has 0 aliphatic heterocycles. The molecule has 4 aromatic heterocycles. The molecule has 124 valence electrons. The number of hydrogen-bond donors (Lipinski definition) is 1. The first kappa shape index (κ1) is 15.0. The first-order valence-corrected chi connectivity index (χ1v) is 7.65. The zero-order valence-electron chi connectivity index (χ0n) is 13.7. The van der Waals surface area contributed by atoms with E-state index in [-0.39, 0.29) is 11.5 Å². The van der Waals surface area contributed by atoms with Crippen molar-refractivity contribution in [3.8, 4) is 22.6 Å². The lowest BCUT2D eigenvalue weighted by Gasteiger charge is -2.05. The predicted octanol–water partition coefficient (Wildman–Crippen LogP) is 1.44. The average Bonchev–Trinajstić information content (AvgIpc) is 3.04. The summed E-state index contributed by atoms with van der Waals surface area (Å²) in [6.45, 7) is 1.91. The van der Waals surface area contributed by atoms with Gasteiger partial charge in [-0.25, -0.2) is 15.0 Å². The maximum atomic E-state index is 11.6. The van der Waals surface area contributed by atoms with Crippen molar-refractivity contribution in [2.24, 2.45) is 7.05 Å². The molecule has 2 N–H and O–H groups in total. The van der Waals surface area contributed by atoms with Gasteiger partial charge in [0, 0.05) is 42.3 Å². The highest BCUT2D eigenvalue weighted by atomic mass is 16.1. The smallest absolute Gasteiger partial charge is 0.250 e. The van der Waals surface area contributed by atoms with E-state index in [0.29, 0.717) is 17.2 Å². The molecule has 0 aliphatic rings.